The highest BCUT2D eigenvalue weighted by molar-refractivity contribution is 6.29. The van der Waals surface area contributed by atoms with E-state index in [9.17, 15) is 0 Å². The lowest BCUT2D eigenvalue weighted by molar-refractivity contribution is 0.173. The molecule has 6 heteroatoms. The molecule has 0 aliphatic carbocycles. The molecule has 2 aromatic heterocycles. The summed E-state index contributed by atoms with van der Waals surface area (Å²) < 4.78 is 2.35. The summed E-state index contributed by atoms with van der Waals surface area (Å²) in [5.41, 5.74) is 1.80. The number of hydrogen-bond donors (Lipinski definition) is 1. The quantitative estimate of drug-likeness (QED) is 0.846. The van der Waals surface area contributed by atoms with Crippen LogP contribution in [0.15, 0.2) is 24.4 Å². The fraction of sp³-hybridized carbons (Fsp3) is 0.556. The van der Waals surface area contributed by atoms with Crippen molar-refractivity contribution in [1.29, 1.82) is 0 Å². The third-order valence-electron chi connectivity index (χ3n) is 5.10. The summed E-state index contributed by atoms with van der Waals surface area (Å²) in [5.74, 6) is 1.75. The Hall–Kier alpha value is -1.43. The predicted molar refractivity (Wildman–Crippen MR) is 96.4 cm³/mol. The summed E-state index contributed by atoms with van der Waals surface area (Å²) in [6, 6.07) is 5.73. The molecule has 24 heavy (non-hydrogen) atoms. The van der Waals surface area contributed by atoms with Gasteiger partial charge in [0.2, 0.25) is 0 Å². The lowest BCUT2D eigenvalue weighted by Gasteiger charge is -2.31. The molecule has 4 rings (SSSR count). The first-order valence-corrected chi connectivity index (χ1v) is 9.30. The largest absolute Gasteiger partial charge is 0.333 e. The van der Waals surface area contributed by atoms with Crippen molar-refractivity contribution in [3.05, 3.63) is 35.4 Å². The van der Waals surface area contributed by atoms with Crippen molar-refractivity contribution in [3.63, 3.8) is 0 Å². The van der Waals surface area contributed by atoms with Gasteiger partial charge in [-0.2, -0.15) is 0 Å². The van der Waals surface area contributed by atoms with Gasteiger partial charge >= 0.3 is 0 Å². The molecule has 0 radical (unpaired) electrons. The number of rotatable bonds is 5. The highest BCUT2D eigenvalue weighted by Crippen LogP contribution is 2.28. The summed E-state index contributed by atoms with van der Waals surface area (Å²) in [7, 11) is 0. The molecule has 0 aromatic carbocycles. The van der Waals surface area contributed by atoms with Crippen molar-refractivity contribution >= 4 is 11.6 Å². The molecule has 2 saturated heterocycles. The van der Waals surface area contributed by atoms with Crippen LogP contribution in [0.4, 0.5) is 0 Å². The number of halogens is 1. The van der Waals surface area contributed by atoms with Gasteiger partial charge in [-0.15, -0.1) is 0 Å². The molecule has 0 saturated carbocycles. The van der Waals surface area contributed by atoms with Crippen LogP contribution >= 0.6 is 11.6 Å². The Morgan fingerprint density at radius 2 is 1.92 bits per heavy atom. The Kier molecular flexibility index (Phi) is 4.83. The SMILES string of the molecule is Clc1cccc(-c2cn(CCN3CCC3)c(C3CCNCC3)n2)n1. The number of hydrogen-bond acceptors (Lipinski definition) is 4. The van der Waals surface area contributed by atoms with Crippen LogP contribution in [0.5, 0.6) is 0 Å². The van der Waals surface area contributed by atoms with Gasteiger partial charge in [0.1, 0.15) is 16.7 Å². The van der Waals surface area contributed by atoms with Crippen LogP contribution in [0.3, 0.4) is 0 Å². The van der Waals surface area contributed by atoms with E-state index in [4.69, 9.17) is 16.6 Å². The van der Waals surface area contributed by atoms with Gasteiger partial charge in [-0.1, -0.05) is 17.7 Å². The molecule has 0 unspecified atom stereocenters. The van der Waals surface area contributed by atoms with E-state index in [0.29, 0.717) is 11.1 Å². The van der Waals surface area contributed by atoms with Gasteiger partial charge in [0.05, 0.1) is 5.69 Å². The highest BCUT2D eigenvalue weighted by atomic mass is 35.5. The summed E-state index contributed by atoms with van der Waals surface area (Å²) in [4.78, 5) is 11.9. The monoisotopic (exact) mass is 345 g/mol. The molecule has 0 amide bonds. The standard InChI is InChI=1S/C18H24ClN5/c19-17-4-1-3-15(21-17)16-13-24(12-11-23-9-2-10-23)18(22-16)14-5-7-20-8-6-14/h1,3-4,13-14,20H,2,5-12H2. The van der Waals surface area contributed by atoms with E-state index in [1.807, 2.05) is 12.1 Å². The van der Waals surface area contributed by atoms with E-state index in [0.717, 1.165) is 50.4 Å². The van der Waals surface area contributed by atoms with E-state index >= 15 is 0 Å². The second-order valence-corrected chi connectivity index (χ2v) is 7.13. The Morgan fingerprint density at radius 3 is 2.62 bits per heavy atom. The fourth-order valence-corrected chi connectivity index (χ4v) is 3.71. The molecule has 2 aliphatic heterocycles. The third kappa shape index (κ3) is 3.48. The van der Waals surface area contributed by atoms with Crippen LogP contribution in [0.2, 0.25) is 5.15 Å². The highest BCUT2D eigenvalue weighted by Gasteiger charge is 2.23. The van der Waals surface area contributed by atoms with Crippen molar-refractivity contribution in [3.8, 4) is 11.4 Å². The van der Waals surface area contributed by atoms with Crippen molar-refractivity contribution in [1.82, 2.24) is 24.8 Å². The third-order valence-corrected chi connectivity index (χ3v) is 5.31. The smallest absolute Gasteiger partial charge is 0.129 e. The van der Waals surface area contributed by atoms with Crippen LogP contribution in [0.25, 0.3) is 11.4 Å². The zero-order valence-electron chi connectivity index (χ0n) is 13.9. The predicted octanol–water partition coefficient (Wildman–Crippen LogP) is 2.77. The molecule has 0 spiro atoms. The van der Waals surface area contributed by atoms with E-state index in [1.54, 1.807) is 6.07 Å². The van der Waals surface area contributed by atoms with Crippen LogP contribution in [0, 0.1) is 0 Å². The number of aromatic nitrogens is 3. The van der Waals surface area contributed by atoms with Crippen molar-refractivity contribution in [2.45, 2.75) is 31.7 Å². The van der Waals surface area contributed by atoms with Crippen LogP contribution in [0.1, 0.15) is 31.0 Å². The van der Waals surface area contributed by atoms with Gasteiger partial charge in [0, 0.05) is 25.2 Å². The normalized spacial score (nSPS) is 19.4. The second kappa shape index (κ2) is 7.21. The molecule has 128 valence electrons. The number of pyridine rings is 1. The van der Waals surface area contributed by atoms with Gasteiger partial charge in [-0.25, -0.2) is 9.97 Å². The summed E-state index contributed by atoms with van der Waals surface area (Å²) in [6.45, 7) is 6.74. The van der Waals surface area contributed by atoms with E-state index in [-0.39, 0.29) is 0 Å². The van der Waals surface area contributed by atoms with Crippen LogP contribution in [-0.2, 0) is 6.54 Å². The molecule has 0 bridgehead atoms. The Balaban J connectivity index is 1.61. The lowest BCUT2D eigenvalue weighted by atomic mass is 9.97. The first-order chi connectivity index (χ1) is 11.8. The first kappa shape index (κ1) is 16.1. The molecule has 1 N–H and O–H groups in total. The average Bonchev–Trinajstić information content (AvgIpc) is 2.99. The van der Waals surface area contributed by atoms with Crippen molar-refractivity contribution < 1.29 is 0 Å². The lowest BCUT2D eigenvalue weighted by Crippen LogP contribution is -2.39. The molecule has 4 heterocycles. The van der Waals surface area contributed by atoms with E-state index < -0.39 is 0 Å². The number of nitrogens with one attached hydrogen (secondary N) is 1. The molecule has 2 fully saturated rings. The molecule has 2 aliphatic rings. The van der Waals surface area contributed by atoms with Gasteiger partial charge < -0.3 is 14.8 Å². The topological polar surface area (TPSA) is 46.0 Å². The average molecular weight is 346 g/mol. The molecule has 5 nitrogen and oxygen atoms in total. The number of imidazole rings is 1. The minimum absolute atomic E-state index is 0.519. The maximum absolute atomic E-state index is 6.06. The number of nitrogens with zero attached hydrogens (tertiary/aromatic N) is 4. The van der Waals surface area contributed by atoms with Crippen molar-refractivity contribution in [2.75, 3.05) is 32.7 Å². The van der Waals surface area contributed by atoms with Crippen LogP contribution in [-0.4, -0.2) is 52.2 Å². The number of likely N-dealkylation sites (tertiary alicyclic amines) is 1. The Bertz CT molecular complexity index is 688. The van der Waals surface area contributed by atoms with E-state index in [1.165, 1.54) is 25.3 Å². The van der Waals surface area contributed by atoms with Crippen molar-refractivity contribution in [2.24, 2.45) is 0 Å². The minimum Gasteiger partial charge on any atom is -0.333 e. The zero-order chi connectivity index (χ0) is 16.4. The summed E-state index contributed by atoms with van der Waals surface area (Å²) in [5, 5.41) is 3.96. The maximum atomic E-state index is 6.06. The minimum atomic E-state index is 0.519. The van der Waals surface area contributed by atoms with Gasteiger partial charge in [-0.05, 0) is 57.6 Å². The zero-order valence-corrected chi connectivity index (χ0v) is 14.7. The van der Waals surface area contributed by atoms with Gasteiger partial charge in [-0.3, -0.25) is 0 Å². The molecule has 0 atom stereocenters. The second-order valence-electron chi connectivity index (χ2n) is 6.74. The molecular formula is C18H24ClN5. The molecule has 2 aromatic rings. The fourth-order valence-electron chi connectivity index (χ4n) is 3.54. The van der Waals surface area contributed by atoms with Crippen LogP contribution < -0.4 is 5.32 Å². The summed E-state index contributed by atoms with van der Waals surface area (Å²) in [6.07, 6.45) is 5.81. The maximum Gasteiger partial charge on any atom is 0.129 e. The summed E-state index contributed by atoms with van der Waals surface area (Å²) >= 11 is 6.06. The van der Waals surface area contributed by atoms with Gasteiger partial charge in [0.25, 0.3) is 0 Å². The van der Waals surface area contributed by atoms with E-state index in [2.05, 4.69) is 26.0 Å². The first-order valence-electron chi connectivity index (χ1n) is 8.93. The Morgan fingerprint density at radius 1 is 1.08 bits per heavy atom. The van der Waals surface area contributed by atoms with Gasteiger partial charge in [0.15, 0.2) is 0 Å². The molecular weight excluding hydrogens is 322 g/mol. The Labute approximate surface area is 148 Å². The number of piperidine rings is 1.